The van der Waals surface area contributed by atoms with Crippen molar-refractivity contribution in [2.45, 2.75) is 18.4 Å². The van der Waals surface area contributed by atoms with Crippen LogP contribution in [0.4, 0.5) is 0 Å². The van der Waals surface area contributed by atoms with Crippen LogP contribution in [-0.4, -0.2) is 51.1 Å². The van der Waals surface area contributed by atoms with Crippen LogP contribution < -0.4 is 9.95 Å². The third kappa shape index (κ3) is 4.41. The van der Waals surface area contributed by atoms with Gasteiger partial charge in [-0.15, -0.1) is 0 Å². The molecule has 1 fully saturated rings. The number of phenolic OH excluding ortho intramolecular Hbond substituents is 1. The Hall–Kier alpha value is -2.39. The first-order valence-corrected chi connectivity index (χ1v) is 11.6. The second kappa shape index (κ2) is 8.51. The summed E-state index contributed by atoms with van der Waals surface area (Å²) >= 11 is 6.24. The maximum Gasteiger partial charge on any atom is 0.524 e. The lowest BCUT2D eigenvalue weighted by Crippen LogP contribution is -2.40. The molecule has 11 heteroatoms. The monoisotopic (exact) mass is 482 g/mol. The van der Waals surface area contributed by atoms with E-state index in [1.54, 1.807) is 24.3 Å². The van der Waals surface area contributed by atoms with E-state index in [9.17, 15) is 29.4 Å². The molecule has 1 aliphatic heterocycles. The van der Waals surface area contributed by atoms with E-state index in [4.69, 9.17) is 17.4 Å². The van der Waals surface area contributed by atoms with Gasteiger partial charge in [-0.25, -0.2) is 4.57 Å². The molecule has 170 valence electrons. The summed E-state index contributed by atoms with van der Waals surface area (Å²) in [5.74, 6) is -1.93. The van der Waals surface area contributed by atoms with E-state index in [-0.39, 0.29) is 27.5 Å². The van der Waals surface area contributed by atoms with E-state index in [1.165, 1.54) is 0 Å². The molecule has 2 heterocycles. The lowest BCUT2D eigenvalue weighted by molar-refractivity contribution is 0.0630. The Labute approximate surface area is 189 Å². The van der Waals surface area contributed by atoms with Gasteiger partial charge in [0.2, 0.25) is 0 Å². The van der Waals surface area contributed by atoms with Gasteiger partial charge in [0.1, 0.15) is 28.2 Å². The molecule has 1 aromatic heterocycles. The fourth-order valence-electron chi connectivity index (χ4n) is 4.00. The highest BCUT2D eigenvalue weighted by atomic mass is 35.5. The highest BCUT2D eigenvalue weighted by Gasteiger charge is 2.34. The Morgan fingerprint density at radius 2 is 2.06 bits per heavy atom. The third-order valence-corrected chi connectivity index (χ3v) is 6.18. The molecule has 0 aliphatic carbocycles. The van der Waals surface area contributed by atoms with Gasteiger partial charge in [0.25, 0.3) is 0 Å². The average molecular weight is 483 g/mol. The van der Waals surface area contributed by atoms with Crippen LogP contribution in [0.3, 0.4) is 0 Å². The summed E-state index contributed by atoms with van der Waals surface area (Å²) in [6, 6.07) is 6.68. The standard InChI is InChI=1S/C21H21ClNO8P/c1-23-7-6-12(16(26)10-23)19-14(24)9-18(31-32(27,28)29)20-15(25)8-17(30-21(19)20)11-4-2-3-5-13(11)22/h2-5,8-9,12,16,24,26H,6-7,10H2,1H3,(H2,27,28,29)/t12-,16+/m0/s1/i8D. The van der Waals surface area contributed by atoms with Gasteiger partial charge < -0.3 is 24.1 Å². The number of phenols is 1. The molecular weight excluding hydrogens is 461 g/mol. The number of fused-ring (bicyclic) bond motifs is 1. The average Bonchev–Trinajstić information content (AvgIpc) is 2.71. The van der Waals surface area contributed by atoms with E-state index in [0.29, 0.717) is 19.5 Å². The molecule has 4 rings (SSSR count). The summed E-state index contributed by atoms with van der Waals surface area (Å²) in [6.45, 7) is 0.881. The largest absolute Gasteiger partial charge is 0.524 e. The zero-order valence-corrected chi connectivity index (χ0v) is 18.5. The summed E-state index contributed by atoms with van der Waals surface area (Å²) in [6.07, 6.45) is -0.511. The minimum atomic E-state index is -5.12. The number of aliphatic hydroxyl groups excluding tert-OH is 1. The Bertz CT molecular complexity index is 1340. The summed E-state index contributed by atoms with van der Waals surface area (Å²) in [5, 5.41) is 21.3. The first kappa shape index (κ1) is 21.5. The number of halogens is 1. The van der Waals surface area contributed by atoms with Crippen LogP contribution in [0.2, 0.25) is 5.02 Å². The van der Waals surface area contributed by atoms with Crippen LogP contribution >= 0.6 is 19.4 Å². The van der Waals surface area contributed by atoms with Crippen molar-refractivity contribution in [3.05, 3.63) is 57.2 Å². The van der Waals surface area contributed by atoms with Crippen molar-refractivity contribution in [1.29, 1.82) is 0 Å². The topological polar surface area (TPSA) is 141 Å². The summed E-state index contributed by atoms with van der Waals surface area (Å²) in [4.78, 5) is 33.8. The van der Waals surface area contributed by atoms with Crippen molar-refractivity contribution < 1.29 is 34.9 Å². The SMILES string of the molecule is [2H]c1c(-c2ccccc2Cl)oc2c([C@H]3CCN(C)C[C@H]3O)c(O)cc(OP(=O)(O)O)c2c1=O. The summed E-state index contributed by atoms with van der Waals surface area (Å²) in [7, 11) is -3.29. The molecule has 2 atom stereocenters. The highest BCUT2D eigenvalue weighted by molar-refractivity contribution is 7.46. The normalized spacial score (nSPS) is 20.3. The van der Waals surface area contributed by atoms with Crippen molar-refractivity contribution in [3.63, 3.8) is 0 Å². The third-order valence-electron chi connectivity index (χ3n) is 5.41. The maximum atomic E-state index is 13.2. The van der Waals surface area contributed by atoms with Gasteiger partial charge in [-0.3, -0.25) is 14.6 Å². The minimum Gasteiger partial charge on any atom is -0.507 e. The smallest absolute Gasteiger partial charge is 0.507 e. The number of phosphoric ester groups is 1. The number of piperidine rings is 1. The van der Waals surface area contributed by atoms with Gasteiger partial charge in [0, 0.05) is 35.7 Å². The molecule has 1 aliphatic rings. The molecule has 0 amide bonds. The number of phosphoric acid groups is 1. The molecule has 0 saturated carbocycles. The predicted molar refractivity (Wildman–Crippen MR) is 118 cm³/mol. The van der Waals surface area contributed by atoms with E-state index in [2.05, 4.69) is 4.52 Å². The number of rotatable bonds is 4. The Balaban J connectivity index is 2.08. The van der Waals surface area contributed by atoms with Crippen LogP contribution in [-0.2, 0) is 4.57 Å². The van der Waals surface area contributed by atoms with Crippen molar-refractivity contribution in [3.8, 4) is 22.8 Å². The van der Waals surface area contributed by atoms with E-state index < -0.39 is 48.2 Å². The zero-order valence-electron chi connectivity index (χ0n) is 17.9. The number of aromatic hydroxyl groups is 1. The van der Waals surface area contributed by atoms with Gasteiger partial charge >= 0.3 is 7.82 Å². The Morgan fingerprint density at radius 1 is 1.34 bits per heavy atom. The number of β-amino-alcohol motifs (C(OH)–C–C–N with tert-alkyl or cyclic N) is 1. The number of aliphatic hydroxyl groups is 1. The molecule has 0 unspecified atom stereocenters. The minimum absolute atomic E-state index is 0.0917. The van der Waals surface area contributed by atoms with Gasteiger partial charge in [0.15, 0.2) is 5.43 Å². The Kier molecular flexibility index (Phi) is 5.71. The molecule has 32 heavy (non-hydrogen) atoms. The van der Waals surface area contributed by atoms with Crippen LogP contribution in [0.15, 0.2) is 45.6 Å². The quantitative estimate of drug-likeness (QED) is 0.413. The van der Waals surface area contributed by atoms with Crippen molar-refractivity contribution in [2.24, 2.45) is 0 Å². The Morgan fingerprint density at radius 3 is 2.72 bits per heavy atom. The molecule has 2 aromatic carbocycles. The fraction of sp³-hybridized carbons (Fsp3) is 0.286. The molecular formula is C21H21ClNO8P. The summed E-state index contributed by atoms with van der Waals surface area (Å²) in [5.41, 5.74) is -0.825. The van der Waals surface area contributed by atoms with Gasteiger partial charge in [0.05, 0.1) is 12.5 Å². The van der Waals surface area contributed by atoms with Crippen molar-refractivity contribution in [1.82, 2.24) is 4.90 Å². The van der Waals surface area contributed by atoms with Gasteiger partial charge in [-0.1, -0.05) is 23.7 Å². The molecule has 0 bridgehead atoms. The lowest BCUT2D eigenvalue weighted by Gasteiger charge is -2.34. The number of hydrogen-bond donors (Lipinski definition) is 4. The van der Waals surface area contributed by atoms with Gasteiger partial charge in [-0.05, 0) is 32.1 Å². The van der Waals surface area contributed by atoms with Crippen molar-refractivity contribution in [2.75, 3.05) is 20.1 Å². The highest BCUT2D eigenvalue weighted by Crippen LogP contribution is 2.47. The number of benzene rings is 2. The first-order valence-electron chi connectivity index (χ1n) is 10.2. The zero-order chi connectivity index (χ0) is 24.1. The molecule has 4 N–H and O–H groups in total. The van der Waals surface area contributed by atoms with Crippen LogP contribution in [0, 0.1) is 0 Å². The van der Waals surface area contributed by atoms with E-state index >= 15 is 0 Å². The van der Waals surface area contributed by atoms with Gasteiger partial charge in [-0.2, -0.15) is 0 Å². The molecule has 3 aromatic rings. The fourth-order valence-corrected chi connectivity index (χ4v) is 4.63. The van der Waals surface area contributed by atoms with Crippen LogP contribution in [0.1, 0.15) is 19.3 Å². The molecule has 0 radical (unpaired) electrons. The van der Waals surface area contributed by atoms with Crippen molar-refractivity contribution >= 4 is 30.4 Å². The predicted octanol–water partition coefficient (Wildman–Crippen LogP) is 3.07. The lowest BCUT2D eigenvalue weighted by atomic mass is 9.85. The maximum absolute atomic E-state index is 13.2. The van der Waals surface area contributed by atoms with Crippen LogP contribution in [0.5, 0.6) is 11.5 Å². The number of likely N-dealkylation sites (tertiary alicyclic amines) is 1. The van der Waals surface area contributed by atoms with Crippen LogP contribution in [0.25, 0.3) is 22.3 Å². The van der Waals surface area contributed by atoms with E-state index in [1.807, 2.05) is 11.9 Å². The number of hydrogen-bond acceptors (Lipinski definition) is 7. The number of likely N-dealkylation sites (N-methyl/N-ethyl adjacent to an activating group) is 1. The summed E-state index contributed by atoms with van der Waals surface area (Å²) < 4.78 is 30.4. The molecule has 1 saturated heterocycles. The second-order valence-electron chi connectivity index (χ2n) is 7.68. The molecule has 0 spiro atoms. The molecule has 9 nitrogen and oxygen atoms in total. The number of nitrogens with zero attached hydrogens (tertiary/aromatic N) is 1. The van der Waals surface area contributed by atoms with E-state index in [0.717, 1.165) is 6.07 Å². The second-order valence-corrected chi connectivity index (χ2v) is 9.25. The first-order chi connectivity index (χ1) is 15.5.